The van der Waals surface area contributed by atoms with Gasteiger partial charge in [0.2, 0.25) is 6.10 Å². The zero-order valence-electron chi connectivity index (χ0n) is 15.5. The van der Waals surface area contributed by atoms with Crippen molar-refractivity contribution in [1.82, 2.24) is 10.9 Å². The molecule has 0 radical (unpaired) electrons. The molecule has 1 saturated heterocycles. The van der Waals surface area contributed by atoms with E-state index in [-0.39, 0.29) is 12.5 Å². The normalized spacial score (nSPS) is 18.3. The molecule has 1 fully saturated rings. The Hall–Kier alpha value is -3.19. The van der Waals surface area contributed by atoms with Crippen LogP contribution in [0.15, 0.2) is 55.1 Å². The van der Waals surface area contributed by atoms with Crippen LogP contribution in [-0.4, -0.2) is 44.9 Å². The number of carbonyl (C=O) groups excluding carboxylic acids is 1. The van der Waals surface area contributed by atoms with Crippen LogP contribution in [0.3, 0.4) is 0 Å². The number of benzene rings is 2. The standard InChI is InChI=1S/C21H23N3O4/c1-15(16-6-8-17(9-7-16)24-10-12-26-13-11-24)22-23-21(25)20-14-27-18-4-2-3-5-19(18)28-20/h2-9,20,22H,1,10-14H2,(H,23,25)/t20-/m0/s1. The summed E-state index contributed by atoms with van der Waals surface area (Å²) in [6, 6.07) is 15.3. The highest BCUT2D eigenvalue weighted by Crippen LogP contribution is 2.30. The molecule has 146 valence electrons. The third-order valence-corrected chi connectivity index (χ3v) is 4.73. The van der Waals surface area contributed by atoms with Gasteiger partial charge in [0.25, 0.3) is 5.91 Å². The average molecular weight is 381 g/mol. The molecule has 0 unspecified atom stereocenters. The summed E-state index contributed by atoms with van der Waals surface area (Å²) in [7, 11) is 0. The minimum Gasteiger partial charge on any atom is -0.485 e. The molecular weight excluding hydrogens is 358 g/mol. The molecule has 2 aliphatic rings. The van der Waals surface area contributed by atoms with Crippen molar-refractivity contribution in [3.63, 3.8) is 0 Å². The smallest absolute Gasteiger partial charge is 0.282 e. The highest BCUT2D eigenvalue weighted by Gasteiger charge is 2.27. The molecule has 28 heavy (non-hydrogen) atoms. The predicted molar refractivity (Wildman–Crippen MR) is 106 cm³/mol. The quantitative estimate of drug-likeness (QED) is 0.772. The van der Waals surface area contributed by atoms with Gasteiger partial charge in [-0.2, -0.15) is 0 Å². The Bertz CT molecular complexity index is 847. The summed E-state index contributed by atoms with van der Waals surface area (Å²) in [6.45, 7) is 7.43. The maximum atomic E-state index is 12.4. The number of hydrogen-bond donors (Lipinski definition) is 2. The van der Waals surface area contributed by atoms with Gasteiger partial charge < -0.3 is 19.1 Å². The number of hydrazine groups is 1. The summed E-state index contributed by atoms with van der Waals surface area (Å²) in [5, 5.41) is 0. The first-order valence-electron chi connectivity index (χ1n) is 9.27. The molecule has 2 N–H and O–H groups in total. The fraction of sp³-hybridized carbons (Fsp3) is 0.286. The number of rotatable bonds is 5. The number of nitrogens with zero attached hydrogens (tertiary/aromatic N) is 1. The Labute approximate surface area is 163 Å². The van der Waals surface area contributed by atoms with Crippen molar-refractivity contribution in [2.75, 3.05) is 37.8 Å². The van der Waals surface area contributed by atoms with Gasteiger partial charge in [0.15, 0.2) is 11.5 Å². The molecule has 2 aromatic rings. The first kappa shape index (κ1) is 18.2. The first-order chi connectivity index (χ1) is 13.7. The van der Waals surface area contributed by atoms with Crippen LogP contribution in [0.4, 0.5) is 5.69 Å². The van der Waals surface area contributed by atoms with Crippen LogP contribution in [0.5, 0.6) is 11.5 Å². The summed E-state index contributed by atoms with van der Waals surface area (Å²) in [5.41, 5.74) is 8.13. The van der Waals surface area contributed by atoms with E-state index in [9.17, 15) is 4.79 Å². The molecule has 0 saturated carbocycles. The van der Waals surface area contributed by atoms with E-state index in [0.717, 1.165) is 37.6 Å². The van der Waals surface area contributed by atoms with Crippen molar-refractivity contribution in [3.8, 4) is 11.5 Å². The molecule has 1 atom stereocenters. The molecule has 7 heteroatoms. The van der Waals surface area contributed by atoms with Crippen LogP contribution >= 0.6 is 0 Å². The Kier molecular flexibility index (Phi) is 5.34. The number of hydrogen-bond acceptors (Lipinski definition) is 6. The maximum Gasteiger partial charge on any atom is 0.282 e. The van der Waals surface area contributed by atoms with Crippen LogP contribution in [0, 0.1) is 0 Å². The number of morpholine rings is 1. The van der Waals surface area contributed by atoms with E-state index >= 15 is 0 Å². The van der Waals surface area contributed by atoms with Gasteiger partial charge in [0.1, 0.15) is 6.61 Å². The van der Waals surface area contributed by atoms with Crippen molar-refractivity contribution in [2.45, 2.75) is 6.10 Å². The van der Waals surface area contributed by atoms with Gasteiger partial charge in [-0.1, -0.05) is 30.8 Å². The highest BCUT2D eigenvalue weighted by atomic mass is 16.6. The Balaban J connectivity index is 1.30. The number of amides is 1. The topological polar surface area (TPSA) is 72.1 Å². The number of carbonyl (C=O) groups is 1. The number of anilines is 1. The first-order valence-corrected chi connectivity index (χ1v) is 9.27. The molecule has 4 rings (SSSR count). The van der Waals surface area contributed by atoms with Crippen molar-refractivity contribution >= 4 is 17.3 Å². The molecule has 0 aliphatic carbocycles. The molecule has 7 nitrogen and oxygen atoms in total. The Morgan fingerprint density at radius 2 is 1.71 bits per heavy atom. The van der Waals surface area contributed by atoms with Crippen molar-refractivity contribution < 1.29 is 19.0 Å². The van der Waals surface area contributed by atoms with Crippen LogP contribution in [0.2, 0.25) is 0 Å². The lowest BCUT2D eigenvalue weighted by molar-refractivity contribution is -0.131. The van der Waals surface area contributed by atoms with Gasteiger partial charge >= 0.3 is 0 Å². The van der Waals surface area contributed by atoms with Crippen LogP contribution < -0.4 is 25.2 Å². The Morgan fingerprint density at radius 1 is 1.00 bits per heavy atom. The fourth-order valence-corrected chi connectivity index (χ4v) is 3.13. The van der Waals surface area contributed by atoms with E-state index in [2.05, 4.69) is 22.3 Å². The van der Waals surface area contributed by atoms with Gasteiger partial charge in [-0.05, 0) is 29.8 Å². The summed E-state index contributed by atoms with van der Waals surface area (Å²) in [6.07, 6.45) is -0.723. The maximum absolute atomic E-state index is 12.4. The number of nitrogens with one attached hydrogen (secondary N) is 2. The Morgan fingerprint density at radius 3 is 2.46 bits per heavy atom. The van der Waals surface area contributed by atoms with Gasteiger partial charge in [-0.25, -0.2) is 0 Å². The number of fused-ring (bicyclic) bond motifs is 1. The molecule has 0 aromatic heterocycles. The zero-order valence-corrected chi connectivity index (χ0v) is 15.5. The average Bonchev–Trinajstić information content (AvgIpc) is 2.77. The van der Waals surface area contributed by atoms with E-state index in [1.807, 2.05) is 42.5 Å². The van der Waals surface area contributed by atoms with Crippen molar-refractivity contribution in [2.24, 2.45) is 0 Å². The third-order valence-electron chi connectivity index (χ3n) is 4.73. The minimum atomic E-state index is -0.723. The summed E-state index contributed by atoms with van der Waals surface area (Å²) in [4.78, 5) is 14.6. The zero-order chi connectivity index (χ0) is 19.3. The van der Waals surface area contributed by atoms with Crippen LogP contribution in [0.1, 0.15) is 5.56 Å². The highest BCUT2D eigenvalue weighted by molar-refractivity contribution is 5.82. The molecular formula is C21H23N3O4. The van der Waals surface area contributed by atoms with Gasteiger partial charge in [0.05, 0.1) is 18.9 Å². The van der Waals surface area contributed by atoms with E-state index < -0.39 is 6.10 Å². The van der Waals surface area contributed by atoms with Crippen molar-refractivity contribution in [1.29, 1.82) is 0 Å². The largest absolute Gasteiger partial charge is 0.485 e. The second kappa shape index (κ2) is 8.22. The fourth-order valence-electron chi connectivity index (χ4n) is 3.13. The lowest BCUT2D eigenvalue weighted by atomic mass is 10.1. The van der Waals surface area contributed by atoms with Crippen molar-refractivity contribution in [3.05, 3.63) is 60.7 Å². The molecule has 2 aliphatic heterocycles. The molecule has 2 heterocycles. The van der Waals surface area contributed by atoms with Crippen LogP contribution in [-0.2, 0) is 9.53 Å². The van der Waals surface area contributed by atoms with Gasteiger partial charge in [-0.3, -0.25) is 15.6 Å². The van der Waals surface area contributed by atoms with E-state index in [4.69, 9.17) is 14.2 Å². The van der Waals surface area contributed by atoms with Gasteiger partial charge in [0, 0.05) is 18.8 Å². The summed E-state index contributed by atoms with van der Waals surface area (Å²) < 4.78 is 16.6. The van der Waals surface area contributed by atoms with Gasteiger partial charge in [-0.15, -0.1) is 0 Å². The molecule has 2 aromatic carbocycles. The second-order valence-corrected chi connectivity index (χ2v) is 6.60. The lowest BCUT2D eigenvalue weighted by Gasteiger charge is -2.29. The number of para-hydroxylation sites is 2. The summed E-state index contributed by atoms with van der Waals surface area (Å²) in [5.74, 6) is 0.885. The molecule has 1 amide bonds. The monoisotopic (exact) mass is 381 g/mol. The second-order valence-electron chi connectivity index (χ2n) is 6.60. The van der Waals surface area contributed by atoms with E-state index in [1.54, 1.807) is 6.07 Å². The summed E-state index contributed by atoms with van der Waals surface area (Å²) >= 11 is 0. The number of ether oxygens (including phenoxy) is 3. The SMILES string of the molecule is C=C(NNC(=O)[C@@H]1COc2ccccc2O1)c1ccc(N2CCOCC2)cc1. The molecule has 0 bridgehead atoms. The van der Waals surface area contributed by atoms with Crippen LogP contribution in [0.25, 0.3) is 5.70 Å². The molecule has 0 spiro atoms. The third kappa shape index (κ3) is 4.04. The van der Waals surface area contributed by atoms with E-state index in [0.29, 0.717) is 17.2 Å². The minimum absolute atomic E-state index is 0.158. The van der Waals surface area contributed by atoms with E-state index in [1.165, 1.54) is 0 Å². The predicted octanol–water partition coefficient (Wildman–Crippen LogP) is 1.95. The lowest BCUT2D eigenvalue weighted by Crippen LogP contribution is -2.48.